The summed E-state index contributed by atoms with van der Waals surface area (Å²) in [6.07, 6.45) is 1.77. The fourth-order valence-electron chi connectivity index (χ4n) is 2.08. The van der Waals surface area contributed by atoms with Crippen molar-refractivity contribution in [2.75, 3.05) is 6.61 Å². The van der Waals surface area contributed by atoms with E-state index in [0.29, 0.717) is 6.61 Å². The Kier molecular flexibility index (Phi) is 7.51. The molecule has 3 heteroatoms. The van der Waals surface area contributed by atoms with Crippen LogP contribution >= 0.6 is 0 Å². The smallest absolute Gasteiger partial charge is 0.130 e. The lowest BCUT2D eigenvalue weighted by atomic mass is 10.2. The van der Waals surface area contributed by atoms with E-state index >= 15 is 0 Å². The average Bonchev–Trinajstić information content (AvgIpc) is 2.65. The van der Waals surface area contributed by atoms with Crippen LogP contribution in [0.3, 0.4) is 0 Å². The van der Waals surface area contributed by atoms with Gasteiger partial charge in [0, 0.05) is 6.20 Å². The summed E-state index contributed by atoms with van der Waals surface area (Å²) < 4.78 is 10.8. The monoisotopic (exact) mass is 335 g/mol. The Morgan fingerprint density at radius 2 is 1.28 bits per heavy atom. The highest BCUT2D eigenvalue weighted by molar-refractivity contribution is 5.27. The second-order valence-corrected chi connectivity index (χ2v) is 5.67. The third-order valence-corrected chi connectivity index (χ3v) is 3.47. The molecule has 0 aliphatic rings. The van der Waals surface area contributed by atoms with Crippen molar-refractivity contribution in [2.24, 2.45) is 0 Å². The zero-order chi connectivity index (χ0) is 17.9. The maximum atomic E-state index is 5.58. The van der Waals surface area contributed by atoms with Gasteiger partial charge in [-0.3, -0.25) is 4.98 Å². The molecule has 3 aromatic rings. The van der Waals surface area contributed by atoms with E-state index in [-0.39, 0.29) is 0 Å². The minimum Gasteiger partial charge on any atom is -0.494 e. The third-order valence-electron chi connectivity index (χ3n) is 3.47. The van der Waals surface area contributed by atoms with Crippen LogP contribution in [0.1, 0.15) is 23.7 Å². The van der Waals surface area contributed by atoms with E-state index in [1.807, 2.05) is 73.7 Å². The predicted molar refractivity (Wildman–Crippen MR) is 102 cm³/mol. The van der Waals surface area contributed by atoms with E-state index < -0.39 is 0 Å². The van der Waals surface area contributed by atoms with Crippen molar-refractivity contribution >= 4 is 0 Å². The Bertz CT molecular complexity index is 722. The van der Waals surface area contributed by atoms with Crippen molar-refractivity contribution in [2.45, 2.75) is 27.4 Å². The van der Waals surface area contributed by atoms with Gasteiger partial charge in [-0.1, -0.05) is 41.5 Å². The number of aryl methyl sites for hydroxylation is 2. The maximum absolute atomic E-state index is 5.58. The van der Waals surface area contributed by atoms with Crippen molar-refractivity contribution in [1.29, 1.82) is 0 Å². The molecule has 0 fully saturated rings. The summed E-state index contributed by atoms with van der Waals surface area (Å²) in [4.78, 5) is 4.19. The van der Waals surface area contributed by atoms with Crippen molar-refractivity contribution in [3.8, 4) is 11.5 Å². The van der Waals surface area contributed by atoms with Gasteiger partial charge in [0.1, 0.15) is 18.1 Å². The molecule has 130 valence electrons. The second-order valence-electron chi connectivity index (χ2n) is 5.67. The van der Waals surface area contributed by atoms with Gasteiger partial charge in [0.2, 0.25) is 0 Å². The van der Waals surface area contributed by atoms with Crippen LogP contribution < -0.4 is 9.47 Å². The predicted octanol–water partition coefficient (Wildman–Crippen LogP) is 5.36. The SMILES string of the molecule is CCOc1ccc(C)cc1.Cc1ccc(OCc2ccccn2)cc1. The molecular weight excluding hydrogens is 310 g/mol. The summed E-state index contributed by atoms with van der Waals surface area (Å²) in [7, 11) is 0. The van der Waals surface area contributed by atoms with E-state index in [1.54, 1.807) is 6.20 Å². The highest BCUT2D eigenvalue weighted by Gasteiger charge is 1.95. The van der Waals surface area contributed by atoms with E-state index in [0.717, 1.165) is 23.8 Å². The van der Waals surface area contributed by atoms with Crippen molar-refractivity contribution in [3.05, 3.63) is 89.7 Å². The Labute approximate surface area is 150 Å². The van der Waals surface area contributed by atoms with Crippen LogP contribution in [0, 0.1) is 13.8 Å². The lowest BCUT2D eigenvalue weighted by Gasteiger charge is -2.05. The number of aromatic nitrogens is 1. The number of rotatable bonds is 5. The Hall–Kier alpha value is -2.81. The summed E-state index contributed by atoms with van der Waals surface area (Å²) in [6.45, 7) is 7.37. The molecule has 0 saturated heterocycles. The largest absolute Gasteiger partial charge is 0.494 e. The molecule has 1 heterocycles. The van der Waals surface area contributed by atoms with Gasteiger partial charge >= 0.3 is 0 Å². The standard InChI is InChI=1S/C13H13NO.C9H12O/c1-11-5-7-13(8-6-11)15-10-12-4-2-3-9-14-12;1-3-10-9-6-4-8(2)5-7-9/h2-9H,10H2,1H3;4-7H,3H2,1-2H3. The lowest BCUT2D eigenvalue weighted by molar-refractivity contribution is 0.301. The van der Waals surface area contributed by atoms with Crippen molar-refractivity contribution < 1.29 is 9.47 Å². The molecule has 0 saturated carbocycles. The molecule has 0 radical (unpaired) electrons. The summed E-state index contributed by atoms with van der Waals surface area (Å²) in [5, 5.41) is 0. The zero-order valence-electron chi connectivity index (χ0n) is 15.1. The van der Waals surface area contributed by atoms with Crippen molar-refractivity contribution in [3.63, 3.8) is 0 Å². The first kappa shape index (κ1) is 18.5. The van der Waals surface area contributed by atoms with E-state index in [4.69, 9.17) is 9.47 Å². The lowest BCUT2D eigenvalue weighted by Crippen LogP contribution is -1.97. The zero-order valence-corrected chi connectivity index (χ0v) is 15.1. The molecule has 0 spiro atoms. The topological polar surface area (TPSA) is 31.4 Å². The first-order chi connectivity index (χ1) is 12.2. The van der Waals surface area contributed by atoms with Crippen molar-refractivity contribution in [1.82, 2.24) is 4.98 Å². The Morgan fingerprint density at radius 3 is 1.76 bits per heavy atom. The molecule has 0 amide bonds. The quantitative estimate of drug-likeness (QED) is 0.629. The molecule has 0 unspecified atom stereocenters. The maximum Gasteiger partial charge on any atom is 0.130 e. The number of ether oxygens (including phenoxy) is 2. The number of pyridine rings is 1. The van der Waals surface area contributed by atoms with Crippen LogP contribution in [0.4, 0.5) is 0 Å². The van der Waals surface area contributed by atoms with E-state index in [9.17, 15) is 0 Å². The van der Waals surface area contributed by atoms with E-state index in [1.165, 1.54) is 11.1 Å². The van der Waals surface area contributed by atoms with Gasteiger partial charge in [0.25, 0.3) is 0 Å². The molecule has 0 N–H and O–H groups in total. The van der Waals surface area contributed by atoms with Crippen LogP contribution in [-0.4, -0.2) is 11.6 Å². The fraction of sp³-hybridized carbons (Fsp3) is 0.227. The molecule has 2 aromatic carbocycles. The van der Waals surface area contributed by atoms with Crippen LogP contribution in [0.25, 0.3) is 0 Å². The summed E-state index contributed by atoms with van der Waals surface area (Å²) in [6, 6.07) is 21.9. The van der Waals surface area contributed by atoms with Gasteiger partial charge in [-0.15, -0.1) is 0 Å². The average molecular weight is 335 g/mol. The molecule has 0 aliphatic heterocycles. The number of benzene rings is 2. The fourth-order valence-corrected chi connectivity index (χ4v) is 2.08. The number of hydrogen-bond acceptors (Lipinski definition) is 3. The van der Waals surface area contributed by atoms with Gasteiger partial charge in [-0.2, -0.15) is 0 Å². The first-order valence-electron chi connectivity index (χ1n) is 8.46. The summed E-state index contributed by atoms with van der Waals surface area (Å²) in [5.41, 5.74) is 3.45. The summed E-state index contributed by atoms with van der Waals surface area (Å²) >= 11 is 0. The molecule has 3 nitrogen and oxygen atoms in total. The first-order valence-corrected chi connectivity index (χ1v) is 8.46. The van der Waals surface area contributed by atoms with Gasteiger partial charge in [0.05, 0.1) is 12.3 Å². The van der Waals surface area contributed by atoms with Gasteiger partial charge in [0.15, 0.2) is 0 Å². The highest BCUT2D eigenvalue weighted by Crippen LogP contribution is 2.13. The van der Waals surface area contributed by atoms with Gasteiger partial charge < -0.3 is 9.47 Å². The van der Waals surface area contributed by atoms with E-state index in [2.05, 4.69) is 18.8 Å². The van der Waals surface area contributed by atoms with Gasteiger partial charge in [-0.05, 0) is 57.2 Å². The number of nitrogens with zero attached hydrogens (tertiary/aromatic N) is 1. The van der Waals surface area contributed by atoms with Gasteiger partial charge in [-0.25, -0.2) is 0 Å². The van der Waals surface area contributed by atoms with Crippen LogP contribution in [0.15, 0.2) is 72.9 Å². The Morgan fingerprint density at radius 1 is 0.720 bits per heavy atom. The third kappa shape index (κ3) is 7.08. The molecule has 0 atom stereocenters. The Balaban J connectivity index is 0.000000196. The minimum absolute atomic E-state index is 0.518. The molecule has 1 aromatic heterocycles. The molecule has 0 aliphatic carbocycles. The highest BCUT2D eigenvalue weighted by atomic mass is 16.5. The summed E-state index contributed by atoms with van der Waals surface area (Å²) in [5.74, 6) is 1.83. The van der Waals surface area contributed by atoms with Crippen LogP contribution in [-0.2, 0) is 6.61 Å². The molecule has 25 heavy (non-hydrogen) atoms. The second kappa shape index (κ2) is 10.1. The van der Waals surface area contributed by atoms with Crippen LogP contribution in [0.5, 0.6) is 11.5 Å². The normalized spacial score (nSPS) is 9.72. The minimum atomic E-state index is 0.518. The number of hydrogen-bond donors (Lipinski definition) is 0. The van der Waals surface area contributed by atoms with Crippen LogP contribution in [0.2, 0.25) is 0 Å². The molecule has 3 rings (SSSR count). The molecule has 0 bridgehead atoms. The molecular formula is C22H25NO2.